The number of hydrogen-bond donors (Lipinski definition) is 2. The van der Waals surface area contributed by atoms with E-state index in [1.807, 2.05) is 12.1 Å². The Morgan fingerprint density at radius 3 is 2.40 bits per heavy atom. The van der Waals surface area contributed by atoms with E-state index in [1.54, 1.807) is 13.3 Å². The average molecular weight is 342 g/mol. The Morgan fingerprint density at radius 1 is 1.12 bits per heavy atom. The summed E-state index contributed by atoms with van der Waals surface area (Å²) in [5.41, 5.74) is 2.51. The number of benzene rings is 1. The topological polar surface area (TPSA) is 52.8 Å². The number of guanidine groups is 1. The minimum absolute atomic E-state index is 0.183. The molecule has 2 N–H and O–H groups in total. The van der Waals surface area contributed by atoms with E-state index >= 15 is 0 Å². The van der Waals surface area contributed by atoms with E-state index in [0.29, 0.717) is 0 Å². The van der Waals surface area contributed by atoms with Crippen molar-refractivity contribution in [2.75, 3.05) is 26.7 Å². The highest BCUT2D eigenvalue weighted by Crippen LogP contribution is 2.20. The summed E-state index contributed by atoms with van der Waals surface area (Å²) in [6.45, 7) is 9.87. The number of nitrogens with zero attached hydrogens (tertiary/aromatic N) is 2. The van der Waals surface area contributed by atoms with Gasteiger partial charge in [0.2, 0.25) is 0 Å². The van der Waals surface area contributed by atoms with E-state index in [9.17, 15) is 0 Å². The molecule has 2 aromatic rings. The minimum Gasteiger partial charge on any atom is -0.468 e. The maximum Gasteiger partial charge on any atom is 0.191 e. The molecule has 0 aliphatic carbocycles. The molecular weight excluding hydrogens is 312 g/mol. The third-order valence-corrected chi connectivity index (χ3v) is 4.39. The van der Waals surface area contributed by atoms with E-state index in [2.05, 4.69) is 65.6 Å². The van der Waals surface area contributed by atoms with Crippen LogP contribution in [0, 0.1) is 6.92 Å². The van der Waals surface area contributed by atoms with E-state index in [1.165, 1.54) is 11.1 Å². The van der Waals surface area contributed by atoms with Gasteiger partial charge in [-0.1, -0.05) is 43.7 Å². The fourth-order valence-electron chi connectivity index (χ4n) is 2.86. The van der Waals surface area contributed by atoms with Crippen molar-refractivity contribution in [2.24, 2.45) is 4.99 Å². The number of aliphatic imine (C=N–C) groups is 1. The highest BCUT2D eigenvalue weighted by molar-refractivity contribution is 5.79. The number of likely N-dealkylation sites (N-methyl/N-ethyl adjacent to an activating group) is 1. The molecular formula is C20H30N4O. The highest BCUT2D eigenvalue weighted by atomic mass is 16.3. The summed E-state index contributed by atoms with van der Waals surface area (Å²) in [4.78, 5) is 6.70. The lowest BCUT2D eigenvalue weighted by atomic mass is 10.1. The highest BCUT2D eigenvalue weighted by Gasteiger charge is 2.20. The second-order valence-electron chi connectivity index (χ2n) is 6.04. The maximum atomic E-state index is 5.64. The molecule has 0 amide bonds. The van der Waals surface area contributed by atoms with E-state index in [4.69, 9.17) is 4.42 Å². The molecule has 136 valence electrons. The van der Waals surface area contributed by atoms with Crippen LogP contribution in [0.1, 0.15) is 36.8 Å². The zero-order valence-corrected chi connectivity index (χ0v) is 15.7. The Balaban J connectivity index is 1.93. The number of aryl methyl sites for hydroxylation is 1. The molecule has 5 heteroatoms. The second-order valence-corrected chi connectivity index (χ2v) is 6.04. The van der Waals surface area contributed by atoms with Gasteiger partial charge < -0.3 is 15.1 Å². The summed E-state index contributed by atoms with van der Waals surface area (Å²) in [7, 11) is 1.80. The molecule has 5 nitrogen and oxygen atoms in total. The molecule has 0 aliphatic heterocycles. The van der Waals surface area contributed by atoms with Gasteiger partial charge in [-0.15, -0.1) is 0 Å². The molecule has 2 rings (SSSR count). The molecule has 0 radical (unpaired) electrons. The normalized spacial score (nSPS) is 13.1. The van der Waals surface area contributed by atoms with Gasteiger partial charge in [-0.3, -0.25) is 9.89 Å². The molecule has 0 aliphatic rings. The molecule has 0 bridgehead atoms. The third-order valence-electron chi connectivity index (χ3n) is 4.39. The van der Waals surface area contributed by atoms with Crippen molar-refractivity contribution in [3.05, 3.63) is 59.5 Å². The predicted octanol–water partition coefficient (Wildman–Crippen LogP) is 3.34. The van der Waals surface area contributed by atoms with Crippen LogP contribution in [0.5, 0.6) is 0 Å². The zero-order valence-electron chi connectivity index (χ0n) is 15.7. The number of furan rings is 1. The molecule has 1 atom stereocenters. The van der Waals surface area contributed by atoms with Gasteiger partial charge in [0, 0.05) is 20.1 Å². The molecule has 1 unspecified atom stereocenters. The van der Waals surface area contributed by atoms with Crippen molar-refractivity contribution in [3.63, 3.8) is 0 Å². The summed E-state index contributed by atoms with van der Waals surface area (Å²) in [6, 6.07) is 12.7. The van der Waals surface area contributed by atoms with Crippen molar-refractivity contribution in [3.8, 4) is 0 Å². The second kappa shape index (κ2) is 9.89. The average Bonchev–Trinajstić information content (AvgIpc) is 3.16. The fraction of sp³-hybridized carbons (Fsp3) is 0.450. The van der Waals surface area contributed by atoms with Crippen LogP contribution >= 0.6 is 0 Å². The largest absolute Gasteiger partial charge is 0.468 e. The molecule has 1 heterocycles. The van der Waals surface area contributed by atoms with Crippen LogP contribution in [-0.2, 0) is 6.54 Å². The lowest BCUT2D eigenvalue weighted by molar-refractivity contribution is 0.193. The van der Waals surface area contributed by atoms with Crippen LogP contribution < -0.4 is 10.6 Å². The number of hydrogen-bond acceptors (Lipinski definition) is 3. The molecule has 0 saturated heterocycles. The molecule has 0 fully saturated rings. The molecule has 1 aromatic carbocycles. The summed E-state index contributed by atoms with van der Waals surface area (Å²) < 4.78 is 5.64. The Bertz CT molecular complexity index is 630. The number of rotatable bonds is 8. The van der Waals surface area contributed by atoms with Crippen molar-refractivity contribution < 1.29 is 4.42 Å². The summed E-state index contributed by atoms with van der Waals surface area (Å²) in [5.74, 6) is 1.77. The maximum absolute atomic E-state index is 5.64. The van der Waals surface area contributed by atoms with Crippen LogP contribution in [0.25, 0.3) is 0 Å². The SMILES string of the molecule is CCN(CC)C(CNC(=NC)NCc1ccc(C)cc1)c1ccco1. The van der Waals surface area contributed by atoms with E-state index in [0.717, 1.165) is 37.9 Å². The Hall–Kier alpha value is -2.27. The molecule has 0 saturated carbocycles. The zero-order chi connectivity index (χ0) is 18.1. The smallest absolute Gasteiger partial charge is 0.191 e. The van der Waals surface area contributed by atoms with Crippen LogP contribution in [0.3, 0.4) is 0 Å². The first kappa shape index (κ1) is 19.1. The Kier molecular flexibility index (Phi) is 7.54. The fourth-order valence-corrected chi connectivity index (χ4v) is 2.86. The monoisotopic (exact) mass is 342 g/mol. The standard InChI is InChI=1S/C20H30N4O/c1-5-24(6-2)18(19-8-7-13-25-19)15-23-20(21-4)22-14-17-11-9-16(3)10-12-17/h7-13,18H,5-6,14-15H2,1-4H3,(H2,21,22,23). The van der Waals surface area contributed by atoms with Crippen LogP contribution in [0.2, 0.25) is 0 Å². The van der Waals surface area contributed by atoms with Crippen molar-refractivity contribution >= 4 is 5.96 Å². The Labute approximate surface area is 151 Å². The van der Waals surface area contributed by atoms with Gasteiger partial charge in [0.15, 0.2) is 5.96 Å². The van der Waals surface area contributed by atoms with Gasteiger partial charge >= 0.3 is 0 Å². The lowest BCUT2D eigenvalue weighted by Crippen LogP contribution is -2.42. The van der Waals surface area contributed by atoms with Gasteiger partial charge in [-0.25, -0.2) is 0 Å². The molecule has 1 aromatic heterocycles. The summed E-state index contributed by atoms with van der Waals surface area (Å²) in [5, 5.41) is 6.80. The Morgan fingerprint density at radius 2 is 1.84 bits per heavy atom. The van der Waals surface area contributed by atoms with E-state index < -0.39 is 0 Å². The van der Waals surface area contributed by atoms with Crippen molar-refractivity contribution in [1.29, 1.82) is 0 Å². The van der Waals surface area contributed by atoms with Gasteiger partial charge in [0.25, 0.3) is 0 Å². The van der Waals surface area contributed by atoms with E-state index in [-0.39, 0.29) is 6.04 Å². The lowest BCUT2D eigenvalue weighted by Gasteiger charge is -2.28. The van der Waals surface area contributed by atoms with Crippen LogP contribution in [0.4, 0.5) is 0 Å². The predicted molar refractivity (Wildman–Crippen MR) is 104 cm³/mol. The number of nitrogens with one attached hydrogen (secondary N) is 2. The summed E-state index contributed by atoms with van der Waals surface area (Å²) >= 11 is 0. The van der Waals surface area contributed by atoms with Crippen molar-refractivity contribution in [1.82, 2.24) is 15.5 Å². The third kappa shape index (κ3) is 5.64. The molecule has 0 spiro atoms. The van der Waals surface area contributed by atoms with Gasteiger partial charge in [0.05, 0.1) is 12.3 Å². The first-order valence-corrected chi connectivity index (χ1v) is 8.95. The quantitative estimate of drug-likeness (QED) is 0.571. The van der Waals surface area contributed by atoms with Gasteiger partial charge in [-0.05, 0) is 37.7 Å². The van der Waals surface area contributed by atoms with Gasteiger partial charge in [0.1, 0.15) is 5.76 Å². The van der Waals surface area contributed by atoms with Crippen LogP contribution in [0.15, 0.2) is 52.1 Å². The van der Waals surface area contributed by atoms with Crippen LogP contribution in [-0.4, -0.2) is 37.5 Å². The first-order chi connectivity index (χ1) is 12.2. The molecule has 25 heavy (non-hydrogen) atoms. The van der Waals surface area contributed by atoms with Crippen molar-refractivity contribution in [2.45, 2.75) is 33.4 Å². The first-order valence-electron chi connectivity index (χ1n) is 8.95. The minimum atomic E-state index is 0.183. The van der Waals surface area contributed by atoms with Gasteiger partial charge in [-0.2, -0.15) is 0 Å². The summed E-state index contributed by atoms with van der Waals surface area (Å²) in [6.07, 6.45) is 1.73.